The molecule has 0 bridgehead atoms. The van der Waals surface area contributed by atoms with Crippen LogP contribution in [0.2, 0.25) is 0 Å². The minimum atomic E-state index is 0. The maximum atomic E-state index is 2.61. The van der Waals surface area contributed by atoms with E-state index in [4.69, 9.17) is 0 Å². The molecular formula is C42H58Y-2. The van der Waals surface area contributed by atoms with Crippen molar-refractivity contribution in [1.82, 2.24) is 0 Å². The van der Waals surface area contributed by atoms with Crippen molar-refractivity contribution in [3.63, 3.8) is 0 Å². The van der Waals surface area contributed by atoms with Crippen LogP contribution in [-0.2, 0) is 32.7 Å². The van der Waals surface area contributed by atoms with Crippen LogP contribution in [0.5, 0.6) is 0 Å². The molecule has 1 radical (unpaired) electrons. The molecular weight excluding hydrogens is 593 g/mol. The van der Waals surface area contributed by atoms with Crippen LogP contribution in [0.15, 0.2) is 0 Å². The molecule has 43 heavy (non-hydrogen) atoms. The fourth-order valence-electron chi connectivity index (χ4n) is 9.97. The first-order chi connectivity index (χ1) is 19.5. The molecule has 0 aromatic heterocycles. The number of benzene rings is 2. The van der Waals surface area contributed by atoms with Gasteiger partial charge in [0.05, 0.1) is 0 Å². The Morgan fingerprint density at radius 3 is 0.837 bits per heavy atom. The number of hydrogen-bond acceptors (Lipinski definition) is 0. The summed E-state index contributed by atoms with van der Waals surface area (Å²) in [6.07, 6.45) is 5.22. The molecule has 0 heterocycles. The Kier molecular flexibility index (Phi) is 10.00. The Morgan fingerprint density at radius 2 is 0.581 bits per heavy atom. The first-order valence-corrected chi connectivity index (χ1v) is 16.8. The molecule has 0 N–H and O–H groups in total. The van der Waals surface area contributed by atoms with E-state index in [1.807, 2.05) is 0 Å². The molecule has 6 rings (SSSR count). The molecule has 8 atom stereocenters. The van der Waals surface area contributed by atoms with Gasteiger partial charge in [0.15, 0.2) is 0 Å². The zero-order valence-corrected chi connectivity index (χ0v) is 33.2. The Balaban J connectivity index is 0.000000192. The summed E-state index contributed by atoms with van der Waals surface area (Å²) < 4.78 is 0. The van der Waals surface area contributed by atoms with E-state index in [-0.39, 0.29) is 32.7 Å². The Hall–Kier alpha value is -0.976. The van der Waals surface area contributed by atoms with Gasteiger partial charge in [-0.1, -0.05) is 61.8 Å². The largest absolute Gasteiger partial charge is 0.318 e. The van der Waals surface area contributed by atoms with E-state index in [1.54, 1.807) is 43.2 Å². The first-order valence-electron chi connectivity index (χ1n) is 16.8. The maximum Gasteiger partial charge on any atom is 0 e. The summed E-state index contributed by atoms with van der Waals surface area (Å²) in [5, 5.41) is 6.27. The Morgan fingerprint density at radius 1 is 0.349 bits per heavy atom. The summed E-state index contributed by atoms with van der Waals surface area (Å²) in [4.78, 5) is 0. The Bertz CT molecular complexity index is 1600. The van der Waals surface area contributed by atoms with Gasteiger partial charge < -0.3 is 12.8 Å². The zero-order valence-electron chi connectivity index (χ0n) is 30.4. The molecule has 2 saturated carbocycles. The summed E-state index contributed by atoms with van der Waals surface area (Å²) in [5.41, 5.74) is 18.5. The smallest absolute Gasteiger partial charge is 0 e. The van der Waals surface area contributed by atoms with E-state index in [0.717, 1.165) is 23.7 Å². The molecule has 0 saturated heterocycles. The average molecular weight is 652 g/mol. The van der Waals surface area contributed by atoms with E-state index in [1.165, 1.54) is 44.5 Å². The second-order valence-corrected chi connectivity index (χ2v) is 15.2. The molecule has 0 nitrogen and oxygen atoms in total. The summed E-state index contributed by atoms with van der Waals surface area (Å²) in [7, 11) is 0. The van der Waals surface area contributed by atoms with Crippen LogP contribution >= 0.6 is 0 Å². The van der Waals surface area contributed by atoms with Gasteiger partial charge in [-0.15, -0.1) is 11.8 Å². The van der Waals surface area contributed by atoms with Gasteiger partial charge in [0.2, 0.25) is 0 Å². The molecule has 231 valence electrons. The molecule has 1 heteroatoms. The van der Waals surface area contributed by atoms with Crippen LogP contribution in [0.25, 0.3) is 22.3 Å². The third-order valence-corrected chi connectivity index (χ3v) is 13.5. The fourth-order valence-corrected chi connectivity index (χ4v) is 9.97. The number of hydrogen-bond donors (Lipinski definition) is 0. The third-order valence-electron chi connectivity index (χ3n) is 13.5. The van der Waals surface area contributed by atoms with Crippen LogP contribution in [0.4, 0.5) is 0 Å². The van der Waals surface area contributed by atoms with E-state index in [0.29, 0.717) is 23.7 Å². The van der Waals surface area contributed by atoms with E-state index in [2.05, 4.69) is 124 Å². The Labute approximate surface area is 289 Å². The average Bonchev–Trinajstić information content (AvgIpc) is 3.43. The third kappa shape index (κ3) is 5.07. The molecule has 0 aliphatic heterocycles. The van der Waals surface area contributed by atoms with Gasteiger partial charge in [-0.25, -0.2) is 0 Å². The van der Waals surface area contributed by atoms with Gasteiger partial charge >= 0.3 is 0 Å². The van der Waals surface area contributed by atoms with E-state index >= 15 is 0 Å². The molecule has 4 aliphatic rings. The van der Waals surface area contributed by atoms with E-state index in [9.17, 15) is 0 Å². The minimum absolute atomic E-state index is 0. The standard InChI is InChI=1S/2C21H29.Y/c2*1-10-9-18-16(7)20-14(5)12(3)13(4)15(6)21(20)17(8)19(18)11(10)2;/h2*9-11,18-19H,1-8H3;/q2*-1;. The van der Waals surface area contributed by atoms with Gasteiger partial charge in [-0.3, -0.25) is 0 Å². The summed E-state index contributed by atoms with van der Waals surface area (Å²) in [6.45, 7) is 37.7. The van der Waals surface area contributed by atoms with Crippen molar-refractivity contribution in [2.45, 2.75) is 111 Å². The molecule has 2 fully saturated rings. The van der Waals surface area contributed by atoms with Crippen molar-refractivity contribution >= 4 is 22.3 Å². The molecule has 8 unspecified atom stereocenters. The first kappa shape index (κ1) is 34.9. The molecule has 2 aromatic rings. The van der Waals surface area contributed by atoms with Gasteiger partial charge in [-0.2, -0.15) is 11.8 Å². The maximum absolute atomic E-state index is 2.61. The molecule has 0 amide bonds. The van der Waals surface area contributed by atoms with Crippen molar-refractivity contribution in [2.75, 3.05) is 0 Å². The normalized spacial score (nSPS) is 30.7. The van der Waals surface area contributed by atoms with Crippen LogP contribution in [0.3, 0.4) is 0 Å². The minimum Gasteiger partial charge on any atom is -0.318 e. The van der Waals surface area contributed by atoms with Crippen molar-refractivity contribution in [2.24, 2.45) is 47.3 Å². The van der Waals surface area contributed by atoms with Crippen LogP contribution < -0.4 is 20.9 Å². The SMILES string of the molecule is CC1=c2c(C)c(C)c(C)c(C)c2=C(C)C2C1[CH-]C(C)C2C.CC1=c2c(C)c(C)c(C)c(C)c2=C(C)C2C1[CH-]C(C)C2C.[Y]. The van der Waals surface area contributed by atoms with Gasteiger partial charge in [0.25, 0.3) is 0 Å². The van der Waals surface area contributed by atoms with E-state index < -0.39 is 0 Å². The van der Waals surface area contributed by atoms with Crippen molar-refractivity contribution in [3.8, 4) is 0 Å². The predicted molar refractivity (Wildman–Crippen MR) is 185 cm³/mol. The molecule has 0 spiro atoms. The predicted octanol–water partition coefficient (Wildman–Crippen LogP) is 7.99. The molecule has 2 aromatic carbocycles. The zero-order chi connectivity index (χ0) is 31.3. The quantitative estimate of drug-likeness (QED) is 0.254. The summed E-state index contributed by atoms with van der Waals surface area (Å²) >= 11 is 0. The fraction of sp³-hybridized carbons (Fsp3) is 0.571. The number of rotatable bonds is 0. The topological polar surface area (TPSA) is 0 Å². The second-order valence-electron chi connectivity index (χ2n) is 15.2. The van der Waals surface area contributed by atoms with Crippen molar-refractivity contribution < 1.29 is 32.7 Å². The van der Waals surface area contributed by atoms with Crippen LogP contribution in [0.1, 0.15) is 99.9 Å². The van der Waals surface area contributed by atoms with Gasteiger partial charge in [0, 0.05) is 32.7 Å². The summed E-state index contributed by atoms with van der Waals surface area (Å²) in [5.74, 6) is 5.72. The van der Waals surface area contributed by atoms with Crippen LogP contribution in [0, 0.1) is 116 Å². The number of fused-ring (bicyclic) bond motifs is 4. The molecule has 4 aliphatic carbocycles. The summed E-state index contributed by atoms with van der Waals surface area (Å²) in [6, 6.07) is 0. The van der Waals surface area contributed by atoms with Crippen molar-refractivity contribution in [1.29, 1.82) is 0 Å². The van der Waals surface area contributed by atoms with Crippen molar-refractivity contribution in [3.05, 3.63) is 78.2 Å². The van der Waals surface area contributed by atoms with Gasteiger partial charge in [-0.05, 0) is 160 Å². The second kappa shape index (κ2) is 12.3. The van der Waals surface area contributed by atoms with Crippen LogP contribution in [-0.4, -0.2) is 0 Å². The monoisotopic (exact) mass is 651 g/mol. The van der Waals surface area contributed by atoms with Gasteiger partial charge in [0.1, 0.15) is 0 Å².